The topological polar surface area (TPSA) is 66.6 Å². The monoisotopic (exact) mass is 370 g/mol. The lowest BCUT2D eigenvalue weighted by molar-refractivity contribution is 0.0318. The first-order valence-electron chi connectivity index (χ1n) is 6.72. The van der Waals surface area contributed by atoms with Crippen LogP contribution in [0.5, 0.6) is 0 Å². The summed E-state index contributed by atoms with van der Waals surface area (Å²) in [6, 6.07) is 5.80. The molecule has 21 heavy (non-hydrogen) atoms. The van der Waals surface area contributed by atoms with Crippen LogP contribution in [0.3, 0.4) is 0 Å². The first-order valence-corrected chi connectivity index (χ1v) is 8.33. The van der Waals surface area contributed by atoms with Crippen LogP contribution < -0.4 is 5.73 Å². The van der Waals surface area contributed by atoms with Crippen LogP contribution in [0.25, 0.3) is 10.1 Å². The van der Waals surface area contributed by atoms with Crippen molar-refractivity contribution in [2.75, 3.05) is 18.8 Å². The van der Waals surface area contributed by atoms with Crippen LogP contribution in [0.1, 0.15) is 30.4 Å². The number of fused-ring (bicyclic) bond motifs is 1. The molecule has 2 rings (SSSR count). The molecule has 1 amide bonds. The van der Waals surface area contributed by atoms with Crippen molar-refractivity contribution in [2.24, 2.45) is 0 Å². The second kappa shape index (κ2) is 5.94. The van der Waals surface area contributed by atoms with Crippen LogP contribution in [0.2, 0.25) is 0 Å². The van der Waals surface area contributed by atoms with Gasteiger partial charge in [0.2, 0.25) is 0 Å². The molecule has 0 aliphatic rings. The highest BCUT2D eigenvalue weighted by molar-refractivity contribution is 9.10. The van der Waals surface area contributed by atoms with E-state index in [0.717, 1.165) is 14.6 Å². The minimum Gasteiger partial charge on any atom is -0.397 e. The van der Waals surface area contributed by atoms with Gasteiger partial charge in [-0.1, -0.05) is 15.9 Å². The van der Waals surface area contributed by atoms with E-state index >= 15 is 0 Å². The van der Waals surface area contributed by atoms with Crippen molar-refractivity contribution in [1.29, 1.82) is 0 Å². The largest absolute Gasteiger partial charge is 0.397 e. The van der Waals surface area contributed by atoms with Gasteiger partial charge in [0.05, 0.1) is 11.3 Å². The molecule has 1 aromatic heterocycles. The summed E-state index contributed by atoms with van der Waals surface area (Å²) in [5.74, 6) is -0.130. The summed E-state index contributed by atoms with van der Waals surface area (Å²) in [6.07, 6.45) is 0. The number of anilines is 1. The number of nitrogen functional groups attached to an aromatic ring is 1. The molecular formula is C15H19BrN2O2S. The molecule has 114 valence electrons. The quantitative estimate of drug-likeness (QED) is 0.865. The highest BCUT2D eigenvalue weighted by atomic mass is 79.9. The molecule has 0 saturated carbocycles. The minimum atomic E-state index is -0.930. The summed E-state index contributed by atoms with van der Waals surface area (Å²) < 4.78 is 1.92. The summed E-state index contributed by atoms with van der Waals surface area (Å²) in [5, 5.41) is 10.8. The van der Waals surface area contributed by atoms with E-state index in [4.69, 9.17) is 5.73 Å². The standard InChI is InChI=1S/C15H19BrN2O2S/c1-4-18(8-15(2,3)20)14(19)13-12(17)10-7-9(16)5-6-11(10)21-13/h5-7,20H,4,8,17H2,1-3H3. The predicted molar refractivity (Wildman–Crippen MR) is 91.8 cm³/mol. The van der Waals surface area contributed by atoms with Gasteiger partial charge in [-0.05, 0) is 39.0 Å². The third kappa shape index (κ3) is 3.56. The molecule has 6 heteroatoms. The van der Waals surface area contributed by atoms with Crippen molar-refractivity contribution in [3.8, 4) is 0 Å². The Morgan fingerprint density at radius 1 is 1.48 bits per heavy atom. The smallest absolute Gasteiger partial charge is 0.266 e. The Kier molecular flexibility index (Phi) is 4.60. The maximum atomic E-state index is 12.7. The highest BCUT2D eigenvalue weighted by Gasteiger charge is 2.25. The van der Waals surface area contributed by atoms with Crippen molar-refractivity contribution in [3.63, 3.8) is 0 Å². The van der Waals surface area contributed by atoms with Crippen LogP contribution in [-0.2, 0) is 0 Å². The fourth-order valence-electron chi connectivity index (χ4n) is 2.19. The Labute approximate surface area is 136 Å². The van der Waals surface area contributed by atoms with Crippen LogP contribution in [0.15, 0.2) is 22.7 Å². The fourth-order valence-corrected chi connectivity index (χ4v) is 3.62. The van der Waals surface area contributed by atoms with Gasteiger partial charge in [-0.2, -0.15) is 0 Å². The molecule has 4 nitrogen and oxygen atoms in total. The van der Waals surface area contributed by atoms with Gasteiger partial charge in [0.1, 0.15) is 4.88 Å². The number of hydrogen-bond acceptors (Lipinski definition) is 4. The molecule has 2 aromatic rings. The number of amides is 1. The molecule has 1 aromatic carbocycles. The van der Waals surface area contributed by atoms with Gasteiger partial charge < -0.3 is 15.7 Å². The number of thiophene rings is 1. The normalized spacial score (nSPS) is 11.9. The number of nitrogens with two attached hydrogens (primary N) is 1. The number of hydrogen-bond donors (Lipinski definition) is 2. The average Bonchev–Trinajstić information content (AvgIpc) is 2.71. The third-order valence-electron chi connectivity index (χ3n) is 3.13. The molecule has 3 N–H and O–H groups in total. The van der Waals surface area contributed by atoms with E-state index in [1.54, 1.807) is 18.7 Å². The van der Waals surface area contributed by atoms with E-state index in [2.05, 4.69) is 15.9 Å². The Hall–Kier alpha value is -1.11. The lowest BCUT2D eigenvalue weighted by Crippen LogP contribution is -2.42. The first kappa shape index (κ1) is 16.3. The molecule has 0 bridgehead atoms. The number of likely N-dealkylation sites (N-methyl/N-ethyl adjacent to an activating group) is 1. The molecule has 0 fully saturated rings. The van der Waals surface area contributed by atoms with Crippen LogP contribution >= 0.6 is 27.3 Å². The lowest BCUT2D eigenvalue weighted by atomic mass is 10.1. The molecule has 0 radical (unpaired) electrons. The maximum Gasteiger partial charge on any atom is 0.266 e. The van der Waals surface area contributed by atoms with Crippen molar-refractivity contribution in [1.82, 2.24) is 4.90 Å². The second-order valence-electron chi connectivity index (χ2n) is 5.62. The van der Waals surface area contributed by atoms with Gasteiger partial charge in [-0.3, -0.25) is 4.79 Å². The summed E-state index contributed by atoms with van der Waals surface area (Å²) in [7, 11) is 0. The Morgan fingerprint density at radius 3 is 2.71 bits per heavy atom. The number of carbonyl (C=O) groups is 1. The molecule has 0 unspecified atom stereocenters. The number of benzene rings is 1. The van der Waals surface area contributed by atoms with Gasteiger partial charge in [0.25, 0.3) is 5.91 Å². The molecule has 0 atom stereocenters. The summed E-state index contributed by atoms with van der Waals surface area (Å²) >= 11 is 4.81. The predicted octanol–water partition coefficient (Wildman–Crippen LogP) is 3.48. The molecule has 0 saturated heterocycles. The minimum absolute atomic E-state index is 0.130. The van der Waals surface area contributed by atoms with E-state index in [1.165, 1.54) is 11.3 Å². The maximum absolute atomic E-state index is 12.7. The van der Waals surface area contributed by atoms with Crippen molar-refractivity contribution < 1.29 is 9.90 Å². The number of halogens is 1. The Bertz CT molecular complexity index is 676. The Morgan fingerprint density at radius 2 is 2.14 bits per heavy atom. The fraction of sp³-hybridized carbons (Fsp3) is 0.400. The molecular weight excluding hydrogens is 352 g/mol. The number of nitrogens with zero attached hydrogens (tertiary/aromatic N) is 1. The average molecular weight is 371 g/mol. The number of aliphatic hydroxyl groups is 1. The third-order valence-corrected chi connectivity index (χ3v) is 4.80. The van der Waals surface area contributed by atoms with E-state index in [-0.39, 0.29) is 12.5 Å². The molecule has 0 aliphatic heterocycles. The van der Waals surface area contributed by atoms with E-state index < -0.39 is 5.60 Å². The zero-order chi connectivity index (χ0) is 15.8. The zero-order valence-electron chi connectivity index (χ0n) is 12.3. The highest BCUT2D eigenvalue weighted by Crippen LogP contribution is 2.36. The van der Waals surface area contributed by atoms with E-state index in [1.807, 2.05) is 25.1 Å². The van der Waals surface area contributed by atoms with Gasteiger partial charge in [0, 0.05) is 27.6 Å². The molecule has 0 aliphatic carbocycles. The van der Waals surface area contributed by atoms with Gasteiger partial charge in [-0.25, -0.2) is 0 Å². The zero-order valence-corrected chi connectivity index (χ0v) is 14.7. The Balaban J connectivity index is 2.40. The lowest BCUT2D eigenvalue weighted by Gasteiger charge is -2.27. The van der Waals surface area contributed by atoms with Crippen molar-refractivity contribution >= 4 is 48.9 Å². The van der Waals surface area contributed by atoms with Crippen molar-refractivity contribution in [2.45, 2.75) is 26.4 Å². The molecule has 0 spiro atoms. The number of rotatable bonds is 4. The molecule has 1 heterocycles. The van der Waals surface area contributed by atoms with Crippen LogP contribution in [0.4, 0.5) is 5.69 Å². The van der Waals surface area contributed by atoms with E-state index in [9.17, 15) is 9.90 Å². The second-order valence-corrected chi connectivity index (χ2v) is 7.58. The summed E-state index contributed by atoms with van der Waals surface area (Å²) in [6.45, 7) is 6.08. The van der Waals surface area contributed by atoms with Gasteiger partial charge in [-0.15, -0.1) is 11.3 Å². The first-order chi connectivity index (χ1) is 9.73. The SMILES string of the molecule is CCN(CC(C)(C)O)C(=O)c1sc2ccc(Br)cc2c1N. The van der Waals surface area contributed by atoms with E-state index in [0.29, 0.717) is 17.1 Å². The van der Waals surface area contributed by atoms with Crippen molar-refractivity contribution in [3.05, 3.63) is 27.5 Å². The van der Waals surface area contributed by atoms with Gasteiger partial charge >= 0.3 is 0 Å². The summed E-state index contributed by atoms with van der Waals surface area (Å²) in [4.78, 5) is 14.8. The van der Waals surface area contributed by atoms with Crippen LogP contribution in [-0.4, -0.2) is 34.6 Å². The van der Waals surface area contributed by atoms with Crippen LogP contribution in [0, 0.1) is 0 Å². The summed E-state index contributed by atoms with van der Waals surface area (Å²) in [5.41, 5.74) is 5.72. The number of carbonyl (C=O) groups excluding carboxylic acids is 1. The van der Waals surface area contributed by atoms with Gasteiger partial charge in [0.15, 0.2) is 0 Å².